The van der Waals surface area contributed by atoms with Crippen molar-refractivity contribution < 1.29 is 13.2 Å². The maximum Gasteiger partial charge on any atom is 0.211 e. The monoisotopic (exact) mass is 243 g/mol. The standard InChI is InChI=1S/C11H17NO3S/c1-10-5-3-6-11(9-10)15-7-4-8-16(13,14)12-2/h3,5-6,9,12H,4,7-8H2,1-2H3. The molecule has 16 heavy (non-hydrogen) atoms. The third kappa shape index (κ3) is 4.63. The molecule has 0 saturated carbocycles. The second-order valence-electron chi connectivity index (χ2n) is 3.54. The highest BCUT2D eigenvalue weighted by Gasteiger charge is 2.05. The lowest BCUT2D eigenvalue weighted by Crippen LogP contribution is -2.23. The fourth-order valence-corrected chi connectivity index (χ4v) is 1.95. The van der Waals surface area contributed by atoms with Crippen LogP contribution >= 0.6 is 0 Å². The number of ether oxygens (including phenoxy) is 1. The molecule has 0 aliphatic heterocycles. The van der Waals surface area contributed by atoms with Gasteiger partial charge in [-0.2, -0.15) is 0 Å². The molecule has 0 aliphatic carbocycles. The first-order valence-electron chi connectivity index (χ1n) is 5.14. The van der Waals surface area contributed by atoms with Crippen molar-refractivity contribution in [1.82, 2.24) is 4.72 Å². The molecule has 5 heteroatoms. The Balaban J connectivity index is 2.32. The number of rotatable bonds is 6. The van der Waals surface area contributed by atoms with Crippen LogP contribution in [0.25, 0.3) is 0 Å². The topological polar surface area (TPSA) is 55.4 Å². The van der Waals surface area contributed by atoms with Crippen molar-refractivity contribution >= 4 is 10.0 Å². The van der Waals surface area contributed by atoms with E-state index in [0.29, 0.717) is 13.0 Å². The first-order chi connectivity index (χ1) is 7.53. The summed E-state index contributed by atoms with van der Waals surface area (Å²) in [5, 5.41) is 0. The Bertz CT molecular complexity index is 429. The molecule has 0 heterocycles. The minimum Gasteiger partial charge on any atom is -0.494 e. The molecule has 0 radical (unpaired) electrons. The summed E-state index contributed by atoms with van der Waals surface area (Å²) in [5.74, 6) is 0.872. The molecule has 0 amide bonds. The Hall–Kier alpha value is -1.07. The summed E-state index contributed by atoms with van der Waals surface area (Å²) in [7, 11) is -1.70. The van der Waals surface area contributed by atoms with Crippen LogP contribution in [0.3, 0.4) is 0 Å². The molecule has 90 valence electrons. The highest BCUT2D eigenvalue weighted by Crippen LogP contribution is 2.12. The first kappa shape index (κ1) is 13.0. The number of sulfonamides is 1. The van der Waals surface area contributed by atoms with Gasteiger partial charge in [0.05, 0.1) is 12.4 Å². The van der Waals surface area contributed by atoms with Crippen molar-refractivity contribution in [2.45, 2.75) is 13.3 Å². The van der Waals surface area contributed by atoms with Crippen LogP contribution in [0.2, 0.25) is 0 Å². The van der Waals surface area contributed by atoms with Crippen LogP contribution in [-0.2, 0) is 10.0 Å². The lowest BCUT2D eigenvalue weighted by Gasteiger charge is -2.06. The van der Waals surface area contributed by atoms with Crippen molar-refractivity contribution in [3.8, 4) is 5.75 Å². The molecule has 1 aromatic carbocycles. The average Bonchev–Trinajstić information content (AvgIpc) is 2.25. The zero-order chi connectivity index (χ0) is 12.0. The van der Waals surface area contributed by atoms with Crippen molar-refractivity contribution in [3.05, 3.63) is 29.8 Å². The summed E-state index contributed by atoms with van der Waals surface area (Å²) in [6.07, 6.45) is 0.483. The van der Waals surface area contributed by atoms with Gasteiger partial charge in [0.1, 0.15) is 5.75 Å². The van der Waals surface area contributed by atoms with Gasteiger partial charge < -0.3 is 4.74 Å². The minimum absolute atomic E-state index is 0.0926. The summed E-state index contributed by atoms with van der Waals surface area (Å²) >= 11 is 0. The molecule has 0 atom stereocenters. The van der Waals surface area contributed by atoms with E-state index in [9.17, 15) is 8.42 Å². The molecule has 1 rings (SSSR count). The molecule has 0 aliphatic rings. The summed E-state index contributed by atoms with van der Waals surface area (Å²) in [4.78, 5) is 0. The molecule has 0 bridgehead atoms. The molecule has 0 saturated heterocycles. The van der Waals surface area contributed by atoms with Crippen LogP contribution < -0.4 is 9.46 Å². The zero-order valence-electron chi connectivity index (χ0n) is 9.56. The Labute approximate surface area is 96.7 Å². The van der Waals surface area contributed by atoms with Gasteiger partial charge in [0, 0.05) is 0 Å². The lowest BCUT2D eigenvalue weighted by molar-refractivity contribution is 0.317. The van der Waals surface area contributed by atoms with E-state index in [4.69, 9.17) is 4.74 Å². The number of nitrogens with one attached hydrogen (secondary N) is 1. The van der Waals surface area contributed by atoms with Crippen LogP contribution in [-0.4, -0.2) is 27.8 Å². The van der Waals surface area contributed by atoms with Crippen LogP contribution in [0.5, 0.6) is 5.75 Å². The fraction of sp³-hybridized carbons (Fsp3) is 0.455. The van der Waals surface area contributed by atoms with Crippen LogP contribution in [0, 0.1) is 6.92 Å². The van der Waals surface area contributed by atoms with E-state index in [1.165, 1.54) is 7.05 Å². The molecule has 0 fully saturated rings. The van der Waals surface area contributed by atoms with Gasteiger partial charge in [0.25, 0.3) is 0 Å². The van der Waals surface area contributed by atoms with Gasteiger partial charge in [-0.3, -0.25) is 0 Å². The average molecular weight is 243 g/mol. The SMILES string of the molecule is CNS(=O)(=O)CCCOc1cccc(C)c1. The Morgan fingerprint density at radius 1 is 1.38 bits per heavy atom. The van der Waals surface area contributed by atoms with Gasteiger partial charge in [-0.15, -0.1) is 0 Å². The van der Waals surface area contributed by atoms with Crippen LogP contribution in [0.15, 0.2) is 24.3 Å². The molecular weight excluding hydrogens is 226 g/mol. The second-order valence-corrected chi connectivity index (χ2v) is 5.59. The summed E-state index contributed by atoms with van der Waals surface area (Å²) in [5.41, 5.74) is 1.13. The van der Waals surface area contributed by atoms with Crippen LogP contribution in [0.1, 0.15) is 12.0 Å². The van der Waals surface area contributed by atoms with E-state index in [1.54, 1.807) is 0 Å². The fourth-order valence-electron chi connectivity index (χ4n) is 1.25. The Morgan fingerprint density at radius 3 is 2.75 bits per heavy atom. The smallest absolute Gasteiger partial charge is 0.211 e. The summed E-state index contributed by atoms with van der Waals surface area (Å²) < 4.78 is 29.9. The van der Waals surface area contributed by atoms with Gasteiger partial charge in [-0.1, -0.05) is 12.1 Å². The molecule has 1 N–H and O–H groups in total. The molecular formula is C11H17NO3S. The van der Waals surface area contributed by atoms with Gasteiger partial charge >= 0.3 is 0 Å². The van der Waals surface area contributed by atoms with Gasteiger partial charge in [0.15, 0.2) is 0 Å². The Kier molecular flexibility index (Phi) is 4.76. The molecule has 0 aromatic heterocycles. The highest BCUT2D eigenvalue weighted by molar-refractivity contribution is 7.89. The molecule has 0 unspecified atom stereocenters. The quantitative estimate of drug-likeness (QED) is 0.766. The maximum absolute atomic E-state index is 11.1. The Morgan fingerprint density at radius 2 is 2.12 bits per heavy atom. The van der Waals surface area contributed by atoms with Gasteiger partial charge in [0.2, 0.25) is 10.0 Å². The van der Waals surface area contributed by atoms with Crippen molar-refractivity contribution in [2.24, 2.45) is 0 Å². The number of benzene rings is 1. The van der Waals surface area contributed by atoms with Crippen LogP contribution in [0.4, 0.5) is 0 Å². The number of hydrogen-bond donors (Lipinski definition) is 1. The lowest BCUT2D eigenvalue weighted by atomic mass is 10.2. The summed E-state index contributed by atoms with van der Waals surface area (Å²) in [6.45, 7) is 2.39. The van der Waals surface area contributed by atoms with E-state index in [2.05, 4.69) is 4.72 Å². The summed E-state index contributed by atoms with van der Waals surface area (Å²) in [6, 6.07) is 7.68. The van der Waals surface area contributed by atoms with Crippen molar-refractivity contribution in [3.63, 3.8) is 0 Å². The van der Waals surface area contributed by atoms with Gasteiger partial charge in [-0.25, -0.2) is 13.1 Å². The normalized spacial score (nSPS) is 11.4. The van der Waals surface area contributed by atoms with Gasteiger partial charge in [-0.05, 0) is 38.1 Å². The predicted octanol–water partition coefficient (Wildman–Crippen LogP) is 1.31. The molecule has 4 nitrogen and oxygen atoms in total. The number of aryl methyl sites for hydroxylation is 1. The van der Waals surface area contributed by atoms with E-state index in [-0.39, 0.29) is 5.75 Å². The maximum atomic E-state index is 11.1. The molecule has 0 spiro atoms. The third-order valence-electron chi connectivity index (χ3n) is 2.13. The second kappa shape index (κ2) is 5.86. The minimum atomic E-state index is -3.11. The van der Waals surface area contributed by atoms with E-state index >= 15 is 0 Å². The third-order valence-corrected chi connectivity index (χ3v) is 3.57. The van der Waals surface area contributed by atoms with Crippen molar-refractivity contribution in [1.29, 1.82) is 0 Å². The number of hydrogen-bond acceptors (Lipinski definition) is 3. The first-order valence-corrected chi connectivity index (χ1v) is 6.79. The largest absolute Gasteiger partial charge is 0.494 e. The van der Waals surface area contributed by atoms with Crippen molar-refractivity contribution in [2.75, 3.05) is 19.4 Å². The van der Waals surface area contributed by atoms with E-state index < -0.39 is 10.0 Å². The predicted molar refractivity (Wildman–Crippen MR) is 64.1 cm³/mol. The molecule has 1 aromatic rings. The van der Waals surface area contributed by atoms with E-state index in [0.717, 1.165) is 11.3 Å². The zero-order valence-corrected chi connectivity index (χ0v) is 10.4. The highest BCUT2D eigenvalue weighted by atomic mass is 32.2. The van der Waals surface area contributed by atoms with E-state index in [1.807, 2.05) is 31.2 Å².